The van der Waals surface area contributed by atoms with E-state index in [1.165, 1.54) is 24.3 Å². The van der Waals surface area contributed by atoms with Gasteiger partial charge in [-0.15, -0.1) is 0 Å². The number of hydrogen-bond donors (Lipinski definition) is 2. The molecule has 0 fully saturated rings. The number of nitrogens with one attached hydrogen (secondary N) is 2. The number of carbonyl (C=O) groups is 1. The van der Waals surface area contributed by atoms with Gasteiger partial charge in [-0.1, -0.05) is 12.1 Å². The molecule has 0 heterocycles. The molecule has 1 amide bonds. The van der Waals surface area contributed by atoms with Crippen LogP contribution in [0.1, 0.15) is 38.8 Å². The standard InChI is InChI=1S/C14H21FN2O3S/c1-14(2,3)16-13(18)9-12(17-21(4,19)20)10-5-7-11(15)8-6-10/h5-8,12,17H,9H2,1-4H3,(H,16,18)/t12-/m0/s1. The molecule has 0 aliphatic heterocycles. The van der Waals surface area contributed by atoms with Crippen molar-refractivity contribution in [3.05, 3.63) is 35.6 Å². The highest BCUT2D eigenvalue weighted by Crippen LogP contribution is 2.19. The van der Waals surface area contributed by atoms with Gasteiger partial charge >= 0.3 is 0 Å². The Morgan fingerprint density at radius 1 is 1.24 bits per heavy atom. The summed E-state index contributed by atoms with van der Waals surface area (Å²) in [6.07, 6.45) is 0.959. The molecule has 2 N–H and O–H groups in total. The molecule has 0 aliphatic carbocycles. The fraction of sp³-hybridized carbons (Fsp3) is 0.500. The zero-order valence-electron chi connectivity index (χ0n) is 12.6. The predicted octanol–water partition coefficient (Wildman–Crippen LogP) is 1.72. The van der Waals surface area contributed by atoms with Crippen molar-refractivity contribution in [3.8, 4) is 0 Å². The first kappa shape index (κ1) is 17.6. The van der Waals surface area contributed by atoms with E-state index in [2.05, 4.69) is 10.0 Å². The summed E-state index contributed by atoms with van der Waals surface area (Å²) in [6, 6.07) is 4.65. The summed E-state index contributed by atoms with van der Waals surface area (Å²) >= 11 is 0. The Morgan fingerprint density at radius 3 is 2.19 bits per heavy atom. The Balaban J connectivity index is 2.93. The molecule has 1 aromatic carbocycles. The summed E-state index contributed by atoms with van der Waals surface area (Å²) < 4.78 is 38.2. The molecule has 1 aromatic rings. The first-order chi connectivity index (χ1) is 9.46. The maximum atomic E-state index is 13.0. The molecule has 7 heteroatoms. The number of sulfonamides is 1. The molecule has 0 spiro atoms. The van der Waals surface area contributed by atoms with Crippen molar-refractivity contribution < 1.29 is 17.6 Å². The highest BCUT2D eigenvalue weighted by atomic mass is 32.2. The first-order valence-corrected chi connectivity index (χ1v) is 8.39. The molecular weight excluding hydrogens is 295 g/mol. The van der Waals surface area contributed by atoms with E-state index in [-0.39, 0.29) is 12.3 Å². The lowest BCUT2D eigenvalue weighted by atomic mass is 10.0. The molecule has 21 heavy (non-hydrogen) atoms. The number of hydrogen-bond acceptors (Lipinski definition) is 3. The van der Waals surface area contributed by atoms with Crippen molar-refractivity contribution in [1.82, 2.24) is 10.0 Å². The minimum absolute atomic E-state index is 0.0596. The molecule has 0 unspecified atom stereocenters. The van der Waals surface area contributed by atoms with Crippen molar-refractivity contribution in [2.24, 2.45) is 0 Å². The Kier molecular flexibility index (Phi) is 5.47. The third-order valence-electron chi connectivity index (χ3n) is 2.53. The van der Waals surface area contributed by atoms with Crippen LogP contribution in [-0.2, 0) is 14.8 Å². The van der Waals surface area contributed by atoms with Gasteiger partial charge in [-0.25, -0.2) is 17.5 Å². The van der Waals surface area contributed by atoms with E-state index < -0.39 is 27.4 Å². The molecule has 118 valence electrons. The van der Waals surface area contributed by atoms with Gasteiger partial charge in [0.2, 0.25) is 15.9 Å². The van der Waals surface area contributed by atoms with Crippen LogP contribution in [0.5, 0.6) is 0 Å². The highest BCUT2D eigenvalue weighted by Gasteiger charge is 2.22. The summed E-state index contributed by atoms with van der Waals surface area (Å²) in [7, 11) is -3.49. The smallest absolute Gasteiger partial charge is 0.222 e. The fourth-order valence-electron chi connectivity index (χ4n) is 1.84. The molecule has 1 atom stereocenters. The molecule has 1 rings (SSSR count). The van der Waals surface area contributed by atoms with E-state index in [9.17, 15) is 17.6 Å². The van der Waals surface area contributed by atoms with Gasteiger partial charge in [0.1, 0.15) is 5.82 Å². The van der Waals surface area contributed by atoms with Gasteiger partial charge in [-0.3, -0.25) is 4.79 Å². The maximum absolute atomic E-state index is 13.0. The Bertz CT molecular complexity index is 592. The predicted molar refractivity (Wildman–Crippen MR) is 79.6 cm³/mol. The van der Waals surface area contributed by atoms with Gasteiger partial charge < -0.3 is 5.32 Å². The van der Waals surface area contributed by atoms with Crippen LogP contribution in [0.15, 0.2) is 24.3 Å². The molecule has 0 aromatic heterocycles. The highest BCUT2D eigenvalue weighted by molar-refractivity contribution is 7.88. The zero-order chi connectivity index (χ0) is 16.3. The van der Waals surface area contributed by atoms with E-state index in [0.717, 1.165) is 6.26 Å². The van der Waals surface area contributed by atoms with Crippen molar-refractivity contribution >= 4 is 15.9 Å². The number of carbonyl (C=O) groups excluding carboxylic acids is 1. The van der Waals surface area contributed by atoms with Crippen LogP contribution in [0, 0.1) is 5.82 Å². The lowest BCUT2D eigenvalue weighted by molar-refractivity contribution is -0.122. The summed E-state index contributed by atoms with van der Waals surface area (Å²) in [4.78, 5) is 12.0. The largest absolute Gasteiger partial charge is 0.351 e. The third kappa shape index (κ3) is 7.19. The summed E-state index contributed by atoms with van der Waals surface area (Å²) in [5.74, 6) is -0.705. The van der Waals surface area contributed by atoms with Crippen LogP contribution in [0.4, 0.5) is 4.39 Å². The molecule has 0 radical (unpaired) electrons. The lowest BCUT2D eigenvalue weighted by Gasteiger charge is -2.23. The summed E-state index contributed by atoms with van der Waals surface area (Å²) in [5, 5.41) is 2.77. The quantitative estimate of drug-likeness (QED) is 0.868. The van der Waals surface area contributed by atoms with Crippen LogP contribution in [0.2, 0.25) is 0 Å². The van der Waals surface area contributed by atoms with E-state index in [1.54, 1.807) is 0 Å². The van der Waals surface area contributed by atoms with Gasteiger partial charge in [0.05, 0.1) is 12.3 Å². The fourth-order valence-corrected chi connectivity index (χ4v) is 2.57. The average molecular weight is 316 g/mol. The van der Waals surface area contributed by atoms with Crippen molar-refractivity contribution in [2.75, 3.05) is 6.26 Å². The van der Waals surface area contributed by atoms with Crippen molar-refractivity contribution in [3.63, 3.8) is 0 Å². The van der Waals surface area contributed by atoms with Crippen LogP contribution < -0.4 is 10.0 Å². The van der Waals surface area contributed by atoms with E-state index >= 15 is 0 Å². The number of benzene rings is 1. The van der Waals surface area contributed by atoms with Crippen LogP contribution in [0.25, 0.3) is 0 Å². The number of amides is 1. The van der Waals surface area contributed by atoms with Gasteiger partial charge in [-0.2, -0.15) is 0 Å². The molecule has 0 saturated carbocycles. The van der Waals surface area contributed by atoms with Gasteiger partial charge in [-0.05, 0) is 38.5 Å². The monoisotopic (exact) mass is 316 g/mol. The summed E-state index contributed by atoms with van der Waals surface area (Å²) in [5.41, 5.74) is 0.126. The number of halogens is 1. The second-order valence-electron chi connectivity index (χ2n) is 6.00. The van der Waals surface area contributed by atoms with Crippen LogP contribution in [0.3, 0.4) is 0 Å². The van der Waals surface area contributed by atoms with Gasteiger partial charge in [0, 0.05) is 12.0 Å². The SMILES string of the molecule is CC(C)(C)NC(=O)C[C@H](NS(C)(=O)=O)c1ccc(F)cc1. The molecule has 0 bridgehead atoms. The minimum atomic E-state index is -3.49. The second kappa shape index (κ2) is 6.53. The molecular formula is C14H21FN2O3S. The Labute approximate surface area is 125 Å². The van der Waals surface area contributed by atoms with Crippen LogP contribution in [-0.4, -0.2) is 26.1 Å². The maximum Gasteiger partial charge on any atom is 0.222 e. The molecule has 0 saturated heterocycles. The minimum Gasteiger partial charge on any atom is -0.351 e. The molecule has 5 nitrogen and oxygen atoms in total. The lowest BCUT2D eigenvalue weighted by Crippen LogP contribution is -2.42. The zero-order valence-corrected chi connectivity index (χ0v) is 13.4. The third-order valence-corrected chi connectivity index (χ3v) is 3.25. The normalized spacial score (nSPS) is 13.8. The van der Waals surface area contributed by atoms with Crippen molar-refractivity contribution in [2.45, 2.75) is 38.8 Å². The summed E-state index contributed by atoms with van der Waals surface area (Å²) in [6.45, 7) is 5.51. The Morgan fingerprint density at radius 2 is 1.76 bits per heavy atom. The average Bonchev–Trinajstić information content (AvgIpc) is 2.24. The van der Waals surface area contributed by atoms with E-state index in [0.29, 0.717) is 5.56 Å². The van der Waals surface area contributed by atoms with Gasteiger partial charge in [0.15, 0.2) is 0 Å². The molecule has 0 aliphatic rings. The van der Waals surface area contributed by atoms with E-state index in [4.69, 9.17) is 0 Å². The van der Waals surface area contributed by atoms with Crippen molar-refractivity contribution in [1.29, 1.82) is 0 Å². The van der Waals surface area contributed by atoms with E-state index in [1.807, 2.05) is 20.8 Å². The Hall–Kier alpha value is -1.47. The van der Waals surface area contributed by atoms with Crippen LogP contribution >= 0.6 is 0 Å². The van der Waals surface area contributed by atoms with Gasteiger partial charge in [0.25, 0.3) is 0 Å². The number of rotatable bonds is 5. The topological polar surface area (TPSA) is 75.3 Å². The second-order valence-corrected chi connectivity index (χ2v) is 7.78. The first-order valence-electron chi connectivity index (χ1n) is 6.50.